The maximum absolute atomic E-state index is 12.0. The summed E-state index contributed by atoms with van der Waals surface area (Å²) in [6.07, 6.45) is 3.90. The Morgan fingerprint density at radius 3 is 2.70 bits per heavy atom. The number of pyridine rings is 1. The summed E-state index contributed by atoms with van der Waals surface area (Å²) in [4.78, 5) is 16.9. The van der Waals surface area contributed by atoms with Crippen LogP contribution in [0.4, 0.5) is 5.82 Å². The van der Waals surface area contributed by atoms with Gasteiger partial charge in [-0.15, -0.1) is 0 Å². The molecule has 1 aliphatic carbocycles. The van der Waals surface area contributed by atoms with Crippen LogP contribution in [0.25, 0.3) is 16.9 Å². The van der Waals surface area contributed by atoms with E-state index in [1.807, 2.05) is 30.5 Å². The molecule has 27 heavy (non-hydrogen) atoms. The minimum atomic E-state index is -0.134. The van der Waals surface area contributed by atoms with Crippen LogP contribution < -0.4 is 10.1 Å². The number of hydrogen-bond acceptors (Lipinski definition) is 4. The zero-order valence-corrected chi connectivity index (χ0v) is 16.2. The molecule has 0 saturated heterocycles. The third-order valence-electron chi connectivity index (χ3n) is 4.51. The van der Waals surface area contributed by atoms with E-state index >= 15 is 0 Å². The fourth-order valence-corrected chi connectivity index (χ4v) is 3.05. The quantitative estimate of drug-likeness (QED) is 0.532. The molecule has 1 fully saturated rings. The van der Waals surface area contributed by atoms with E-state index in [0.717, 1.165) is 41.1 Å². The van der Waals surface area contributed by atoms with E-state index in [2.05, 4.69) is 49.5 Å². The number of esters is 1. The summed E-state index contributed by atoms with van der Waals surface area (Å²) in [5.41, 5.74) is 3.70. The lowest BCUT2D eigenvalue weighted by molar-refractivity contribution is -0.135. The maximum atomic E-state index is 12.0. The largest absolute Gasteiger partial charge is 0.426 e. The van der Waals surface area contributed by atoms with Gasteiger partial charge in [0.25, 0.3) is 0 Å². The first-order chi connectivity index (χ1) is 12.8. The van der Waals surface area contributed by atoms with Gasteiger partial charge in [0.1, 0.15) is 22.9 Å². The molecule has 0 unspecified atom stereocenters. The summed E-state index contributed by atoms with van der Waals surface area (Å²) in [7, 11) is 0. The SMILES string of the molecule is Cc1ccn2c(NC(C)(C)C)c(-c3cccc(OC(=O)C4CC4)c3)nc2c1. The molecule has 0 bridgehead atoms. The highest BCUT2D eigenvalue weighted by Crippen LogP contribution is 2.34. The molecule has 140 valence electrons. The minimum Gasteiger partial charge on any atom is -0.426 e. The molecule has 1 aliphatic rings. The lowest BCUT2D eigenvalue weighted by atomic mass is 10.1. The normalized spacial score (nSPS) is 14.4. The molecule has 2 aromatic heterocycles. The molecule has 1 saturated carbocycles. The van der Waals surface area contributed by atoms with E-state index in [-0.39, 0.29) is 17.4 Å². The van der Waals surface area contributed by atoms with E-state index in [1.165, 1.54) is 0 Å². The first-order valence-electron chi connectivity index (χ1n) is 9.39. The van der Waals surface area contributed by atoms with Gasteiger partial charge >= 0.3 is 5.97 Å². The van der Waals surface area contributed by atoms with E-state index in [4.69, 9.17) is 9.72 Å². The van der Waals surface area contributed by atoms with Crippen LogP contribution >= 0.6 is 0 Å². The number of nitrogens with one attached hydrogen (secondary N) is 1. The van der Waals surface area contributed by atoms with Crippen LogP contribution in [0.1, 0.15) is 39.2 Å². The number of rotatable bonds is 4. The van der Waals surface area contributed by atoms with Crippen molar-refractivity contribution in [1.29, 1.82) is 0 Å². The number of aromatic nitrogens is 2. The van der Waals surface area contributed by atoms with E-state index in [1.54, 1.807) is 0 Å². The molecule has 0 radical (unpaired) electrons. The zero-order chi connectivity index (χ0) is 19.2. The predicted molar refractivity (Wildman–Crippen MR) is 107 cm³/mol. The highest BCUT2D eigenvalue weighted by molar-refractivity contribution is 5.80. The highest BCUT2D eigenvalue weighted by Gasteiger charge is 2.31. The number of hydrogen-bond donors (Lipinski definition) is 1. The van der Waals surface area contributed by atoms with Gasteiger partial charge in [-0.25, -0.2) is 4.98 Å². The fourth-order valence-electron chi connectivity index (χ4n) is 3.05. The second kappa shape index (κ2) is 6.41. The van der Waals surface area contributed by atoms with Crippen molar-refractivity contribution in [2.24, 2.45) is 5.92 Å². The number of aryl methyl sites for hydroxylation is 1. The number of imidazole rings is 1. The molecular formula is C22H25N3O2. The monoisotopic (exact) mass is 363 g/mol. The molecule has 0 atom stereocenters. The Hall–Kier alpha value is -2.82. The third kappa shape index (κ3) is 3.82. The van der Waals surface area contributed by atoms with Crippen LogP contribution in [0.5, 0.6) is 5.75 Å². The molecule has 5 heteroatoms. The Kier molecular flexibility index (Phi) is 4.17. The van der Waals surface area contributed by atoms with Gasteiger partial charge in [-0.1, -0.05) is 12.1 Å². The summed E-state index contributed by atoms with van der Waals surface area (Å²) in [6, 6.07) is 11.7. The Bertz CT molecular complexity index is 1010. The number of benzene rings is 1. The summed E-state index contributed by atoms with van der Waals surface area (Å²) in [5.74, 6) is 1.44. The number of carbonyl (C=O) groups excluding carboxylic acids is 1. The Morgan fingerprint density at radius 1 is 1.22 bits per heavy atom. The van der Waals surface area contributed by atoms with E-state index < -0.39 is 0 Å². The zero-order valence-electron chi connectivity index (χ0n) is 16.2. The molecule has 1 N–H and O–H groups in total. The molecule has 1 aromatic carbocycles. The molecule has 4 rings (SSSR count). The molecule has 5 nitrogen and oxygen atoms in total. The van der Waals surface area contributed by atoms with Crippen molar-refractivity contribution in [1.82, 2.24) is 9.38 Å². The van der Waals surface area contributed by atoms with Crippen LogP contribution in [0.3, 0.4) is 0 Å². The predicted octanol–water partition coefficient (Wildman–Crippen LogP) is 4.84. The van der Waals surface area contributed by atoms with Gasteiger partial charge < -0.3 is 10.1 Å². The number of carbonyl (C=O) groups is 1. The van der Waals surface area contributed by atoms with Gasteiger partial charge in [0.15, 0.2) is 0 Å². The highest BCUT2D eigenvalue weighted by atomic mass is 16.5. The van der Waals surface area contributed by atoms with E-state index in [9.17, 15) is 4.79 Å². The van der Waals surface area contributed by atoms with Gasteiger partial charge in [0.05, 0.1) is 5.92 Å². The second-order valence-electron chi connectivity index (χ2n) is 8.34. The molecular weight excluding hydrogens is 338 g/mol. The first kappa shape index (κ1) is 17.6. The van der Waals surface area contributed by atoms with Gasteiger partial charge in [-0.05, 0) is 70.4 Å². The Labute approximate surface area is 159 Å². The Balaban J connectivity index is 1.78. The molecule has 0 amide bonds. The van der Waals surface area contributed by atoms with Gasteiger partial charge in [0.2, 0.25) is 0 Å². The summed E-state index contributed by atoms with van der Waals surface area (Å²) < 4.78 is 7.61. The Morgan fingerprint density at radius 2 is 2.00 bits per heavy atom. The van der Waals surface area contributed by atoms with Crippen molar-refractivity contribution >= 4 is 17.4 Å². The number of fused-ring (bicyclic) bond motifs is 1. The summed E-state index contributed by atoms with van der Waals surface area (Å²) >= 11 is 0. The maximum Gasteiger partial charge on any atom is 0.314 e. The minimum absolute atomic E-state index is 0.0740. The molecule has 3 aromatic rings. The molecule has 0 aliphatic heterocycles. The standard InChI is InChI=1S/C22H25N3O2/c1-14-10-11-25-18(12-14)23-19(20(25)24-22(2,3)4)16-6-5-7-17(13-16)27-21(26)15-8-9-15/h5-7,10-13,15,24H,8-9H2,1-4H3. The van der Waals surface area contributed by atoms with Crippen LogP contribution in [-0.4, -0.2) is 20.9 Å². The average Bonchev–Trinajstić information content (AvgIpc) is 3.38. The van der Waals surface area contributed by atoms with Crippen molar-refractivity contribution < 1.29 is 9.53 Å². The second-order valence-corrected chi connectivity index (χ2v) is 8.34. The van der Waals surface area contributed by atoms with Crippen LogP contribution in [-0.2, 0) is 4.79 Å². The smallest absolute Gasteiger partial charge is 0.314 e. The third-order valence-corrected chi connectivity index (χ3v) is 4.51. The van der Waals surface area contributed by atoms with E-state index in [0.29, 0.717) is 5.75 Å². The first-order valence-corrected chi connectivity index (χ1v) is 9.39. The van der Waals surface area contributed by atoms with Crippen molar-refractivity contribution in [2.45, 2.75) is 46.1 Å². The fraction of sp³-hybridized carbons (Fsp3) is 0.364. The van der Waals surface area contributed by atoms with Crippen molar-refractivity contribution in [3.8, 4) is 17.0 Å². The lowest BCUT2D eigenvalue weighted by Crippen LogP contribution is -2.27. The average molecular weight is 363 g/mol. The number of ether oxygens (including phenoxy) is 1. The van der Waals surface area contributed by atoms with Crippen LogP contribution in [0.15, 0.2) is 42.6 Å². The van der Waals surface area contributed by atoms with Crippen LogP contribution in [0, 0.1) is 12.8 Å². The summed E-state index contributed by atoms with van der Waals surface area (Å²) in [5, 5.41) is 3.57. The van der Waals surface area contributed by atoms with Crippen molar-refractivity contribution in [2.75, 3.05) is 5.32 Å². The summed E-state index contributed by atoms with van der Waals surface area (Å²) in [6.45, 7) is 8.43. The topological polar surface area (TPSA) is 55.6 Å². The van der Waals surface area contributed by atoms with Crippen LogP contribution in [0.2, 0.25) is 0 Å². The number of anilines is 1. The molecule has 2 heterocycles. The van der Waals surface area contributed by atoms with Crippen molar-refractivity contribution in [3.05, 3.63) is 48.2 Å². The van der Waals surface area contributed by atoms with Crippen molar-refractivity contribution in [3.63, 3.8) is 0 Å². The lowest BCUT2D eigenvalue weighted by Gasteiger charge is -2.22. The van der Waals surface area contributed by atoms with Gasteiger partial charge in [0, 0.05) is 17.3 Å². The molecule has 0 spiro atoms. The number of nitrogens with zero attached hydrogens (tertiary/aromatic N) is 2. The van der Waals surface area contributed by atoms with Gasteiger partial charge in [-0.2, -0.15) is 0 Å². The van der Waals surface area contributed by atoms with Gasteiger partial charge in [-0.3, -0.25) is 9.20 Å².